The van der Waals surface area contributed by atoms with Crippen molar-refractivity contribution >= 4 is 23.3 Å². The average Bonchev–Trinajstić information content (AvgIpc) is 2.77. The summed E-state index contributed by atoms with van der Waals surface area (Å²) in [5.41, 5.74) is 0.852. The number of carbonyl (C=O) groups is 2. The highest BCUT2D eigenvalue weighted by molar-refractivity contribution is 7.08. The fourth-order valence-electron chi connectivity index (χ4n) is 1.59. The molecule has 1 N–H and O–H groups in total. The average molecular weight is 222 g/mol. The number of imide groups is 1. The van der Waals surface area contributed by atoms with E-state index >= 15 is 0 Å². The van der Waals surface area contributed by atoms with E-state index < -0.39 is 6.04 Å². The van der Waals surface area contributed by atoms with E-state index in [-0.39, 0.29) is 11.9 Å². The molecule has 3 amide bonds. The first-order chi connectivity index (χ1) is 7.24. The Balaban J connectivity index is 2.31. The molecule has 0 aromatic carbocycles. The highest BCUT2D eigenvalue weighted by Gasteiger charge is 2.38. The summed E-state index contributed by atoms with van der Waals surface area (Å²) >= 11 is 1.51. The summed E-state index contributed by atoms with van der Waals surface area (Å²) in [4.78, 5) is 24.5. The van der Waals surface area contributed by atoms with Crippen molar-refractivity contribution in [3.63, 3.8) is 0 Å². The van der Waals surface area contributed by atoms with Gasteiger partial charge in [-0.2, -0.15) is 11.3 Å². The van der Waals surface area contributed by atoms with Crippen molar-refractivity contribution in [3.8, 4) is 0 Å². The Kier molecular flexibility index (Phi) is 2.55. The molecule has 15 heavy (non-hydrogen) atoms. The summed E-state index contributed by atoms with van der Waals surface area (Å²) in [5, 5.41) is 6.06. The number of thiophene rings is 1. The molecule has 0 unspecified atom stereocenters. The maximum atomic E-state index is 11.6. The van der Waals surface area contributed by atoms with Gasteiger partial charge in [0.05, 0.1) is 0 Å². The lowest BCUT2D eigenvalue weighted by molar-refractivity contribution is -0.121. The Morgan fingerprint density at radius 1 is 1.60 bits per heavy atom. The van der Waals surface area contributed by atoms with Crippen molar-refractivity contribution in [1.82, 2.24) is 10.2 Å². The zero-order valence-electron chi connectivity index (χ0n) is 7.97. The minimum atomic E-state index is -0.498. The standard InChI is InChI=1S/C10H10N2O2S/c1-2-4-12-8(7-3-5-15-6-7)9(13)11-10(12)14/h2-3,5-6,8H,1,4H2,(H,11,13,14)/t8-/m0/s1. The van der Waals surface area contributed by atoms with Crippen LogP contribution in [0.4, 0.5) is 4.79 Å². The van der Waals surface area contributed by atoms with Gasteiger partial charge in [0.25, 0.3) is 5.91 Å². The van der Waals surface area contributed by atoms with Gasteiger partial charge in [-0.1, -0.05) is 6.08 Å². The molecule has 0 radical (unpaired) electrons. The third kappa shape index (κ3) is 1.66. The normalized spacial score (nSPS) is 20.5. The van der Waals surface area contributed by atoms with Crippen molar-refractivity contribution in [2.75, 3.05) is 6.54 Å². The second-order valence-corrected chi connectivity index (χ2v) is 3.97. The van der Waals surface area contributed by atoms with Crippen LogP contribution in [0.3, 0.4) is 0 Å². The molecule has 0 saturated carbocycles. The van der Waals surface area contributed by atoms with Gasteiger partial charge in [0.2, 0.25) is 0 Å². The van der Waals surface area contributed by atoms with Crippen LogP contribution in [0, 0.1) is 0 Å². The Bertz CT molecular complexity index is 400. The van der Waals surface area contributed by atoms with Crippen LogP contribution in [0.25, 0.3) is 0 Å². The number of hydrogen-bond acceptors (Lipinski definition) is 3. The van der Waals surface area contributed by atoms with Crippen LogP contribution in [0.2, 0.25) is 0 Å². The van der Waals surface area contributed by atoms with Crippen LogP contribution in [0.1, 0.15) is 11.6 Å². The number of amides is 3. The van der Waals surface area contributed by atoms with E-state index in [0.717, 1.165) is 5.56 Å². The fourth-order valence-corrected chi connectivity index (χ4v) is 2.27. The molecule has 78 valence electrons. The van der Waals surface area contributed by atoms with Crippen molar-refractivity contribution in [1.29, 1.82) is 0 Å². The van der Waals surface area contributed by atoms with Crippen LogP contribution in [-0.2, 0) is 4.79 Å². The molecule has 5 heteroatoms. The van der Waals surface area contributed by atoms with Gasteiger partial charge in [0.15, 0.2) is 0 Å². The molecule has 1 aromatic heterocycles. The lowest BCUT2D eigenvalue weighted by Gasteiger charge is -2.18. The molecule has 1 atom stereocenters. The predicted octanol–water partition coefficient (Wildman–Crippen LogP) is 1.53. The number of urea groups is 1. The van der Waals surface area contributed by atoms with Crippen molar-refractivity contribution in [2.24, 2.45) is 0 Å². The highest BCUT2D eigenvalue weighted by Crippen LogP contribution is 2.26. The third-order valence-corrected chi connectivity index (χ3v) is 2.94. The molecule has 1 aromatic rings. The second-order valence-electron chi connectivity index (χ2n) is 3.19. The molecule has 1 aliphatic rings. The third-order valence-electron chi connectivity index (χ3n) is 2.24. The van der Waals surface area contributed by atoms with Crippen molar-refractivity contribution in [2.45, 2.75) is 6.04 Å². The largest absolute Gasteiger partial charge is 0.325 e. The minimum Gasteiger partial charge on any atom is -0.305 e. The molecule has 2 heterocycles. The van der Waals surface area contributed by atoms with Crippen LogP contribution in [0.5, 0.6) is 0 Å². The van der Waals surface area contributed by atoms with Gasteiger partial charge >= 0.3 is 6.03 Å². The van der Waals surface area contributed by atoms with E-state index in [0.29, 0.717) is 6.54 Å². The summed E-state index contributed by atoms with van der Waals surface area (Å²) in [6, 6.07) is 1.00. The van der Waals surface area contributed by atoms with Gasteiger partial charge in [-0.15, -0.1) is 6.58 Å². The van der Waals surface area contributed by atoms with Crippen molar-refractivity contribution in [3.05, 3.63) is 35.0 Å². The zero-order valence-corrected chi connectivity index (χ0v) is 8.79. The van der Waals surface area contributed by atoms with Crippen molar-refractivity contribution < 1.29 is 9.59 Å². The molecule has 1 saturated heterocycles. The zero-order chi connectivity index (χ0) is 10.8. The van der Waals surface area contributed by atoms with Gasteiger partial charge in [-0.25, -0.2) is 4.79 Å². The Morgan fingerprint density at radius 2 is 2.40 bits per heavy atom. The van der Waals surface area contributed by atoms with Gasteiger partial charge in [-0.05, 0) is 22.4 Å². The predicted molar refractivity (Wildman–Crippen MR) is 57.5 cm³/mol. The SMILES string of the molecule is C=CCN1C(=O)NC(=O)[C@@H]1c1ccsc1. The quantitative estimate of drug-likeness (QED) is 0.622. The van der Waals surface area contributed by atoms with E-state index in [9.17, 15) is 9.59 Å². The van der Waals surface area contributed by atoms with Crippen LogP contribution in [0.15, 0.2) is 29.5 Å². The molecular formula is C10H10N2O2S. The van der Waals surface area contributed by atoms with E-state index in [1.54, 1.807) is 6.08 Å². The van der Waals surface area contributed by atoms with Crippen LogP contribution < -0.4 is 5.32 Å². The number of rotatable bonds is 3. The number of nitrogens with zero attached hydrogens (tertiary/aromatic N) is 1. The van der Waals surface area contributed by atoms with Crippen LogP contribution in [-0.4, -0.2) is 23.4 Å². The molecule has 4 nitrogen and oxygen atoms in total. The Morgan fingerprint density at radius 3 is 3.00 bits per heavy atom. The minimum absolute atomic E-state index is 0.264. The summed E-state index contributed by atoms with van der Waals surface area (Å²) in [7, 11) is 0. The van der Waals surface area contributed by atoms with E-state index in [4.69, 9.17) is 0 Å². The summed E-state index contributed by atoms with van der Waals surface area (Å²) in [6.45, 7) is 3.94. The topological polar surface area (TPSA) is 49.4 Å². The maximum absolute atomic E-state index is 11.6. The summed E-state index contributed by atoms with van der Waals surface area (Å²) in [5.74, 6) is -0.264. The van der Waals surface area contributed by atoms with Gasteiger partial charge < -0.3 is 4.90 Å². The molecular weight excluding hydrogens is 212 g/mol. The van der Waals surface area contributed by atoms with Crippen LogP contribution >= 0.6 is 11.3 Å². The smallest absolute Gasteiger partial charge is 0.305 e. The maximum Gasteiger partial charge on any atom is 0.325 e. The summed E-state index contributed by atoms with van der Waals surface area (Å²) < 4.78 is 0. The number of carbonyl (C=O) groups excluding carboxylic acids is 2. The van der Waals surface area contributed by atoms with Gasteiger partial charge in [-0.3, -0.25) is 10.1 Å². The summed E-state index contributed by atoms with van der Waals surface area (Å²) in [6.07, 6.45) is 1.61. The lowest BCUT2D eigenvalue weighted by Crippen LogP contribution is -2.29. The molecule has 0 spiro atoms. The monoisotopic (exact) mass is 222 g/mol. The first-order valence-electron chi connectivity index (χ1n) is 4.48. The Labute approximate surface area is 91.2 Å². The first kappa shape index (κ1) is 9.92. The van der Waals surface area contributed by atoms with E-state index in [1.165, 1.54) is 16.2 Å². The molecule has 2 rings (SSSR count). The van der Waals surface area contributed by atoms with E-state index in [2.05, 4.69) is 11.9 Å². The molecule has 1 fully saturated rings. The Hall–Kier alpha value is -1.62. The molecule has 0 bridgehead atoms. The lowest BCUT2D eigenvalue weighted by atomic mass is 10.1. The second kappa shape index (κ2) is 3.86. The molecule has 1 aliphatic heterocycles. The first-order valence-corrected chi connectivity index (χ1v) is 5.43. The fraction of sp³-hybridized carbons (Fsp3) is 0.200. The number of nitrogens with one attached hydrogen (secondary N) is 1. The molecule has 0 aliphatic carbocycles. The highest BCUT2D eigenvalue weighted by atomic mass is 32.1. The van der Waals surface area contributed by atoms with E-state index in [1.807, 2.05) is 16.8 Å². The van der Waals surface area contributed by atoms with Gasteiger partial charge in [0, 0.05) is 6.54 Å². The number of hydrogen-bond donors (Lipinski definition) is 1. The van der Waals surface area contributed by atoms with Gasteiger partial charge in [0.1, 0.15) is 6.04 Å².